The molecule has 22 heavy (non-hydrogen) atoms. The third-order valence-electron chi connectivity index (χ3n) is 2.78. The van der Waals surface area contributed by atoms with Gasteiger partial charge in [-0.2, -0.15) is 0 Å². The molecule has 0 saturated heterocycles. The smallest absolute Gasteiger partial charge is 0.273 e. The lowest BCUT2D eigenvalue weighted by molar-refractivity contribution is -0.384. The molecular formula is C15H13BrN2O4. The van der Waals surface area contributed by atoms with Gasteiger partial charge in [-0.15, -0.1) is 0 Å². The van der Waals surface area contributed by atoms with Crippen molar-refractivity contribution in [2.75, 3.05) is 6.61 Å². The van der Waals surface area contributed by atoms with Gasteiger partial charge in [0.25, 0.3) is 11.6 Å². The first kappa shape index (κ1) is 16.0. The molecule has 0 saturated carbocycles. The molecule has 0 heterocycles. The van der Waals surface area contributed by atoms with Crippen LogP contribution in [0.3, 0.4) is 0 Å². The fourth-order valence-electron chi connectivity index (χ4n) is 1.73. The summed E-state index contributed by atoms with van der Waals surface area (Å²) in [6.07, 6.45) is 0. The normalized spacial score (nSPS) is 10.0. The Hall–Kier alpha value is -2.41. The number of carbonyl (C=O) groups is 1. The van der Waals surface area contributed by atoms with E-state index in [1.54, 1.807) is 6.07 Å². The zero-order chi connectivity index (χ0) is 15.9. The first-order chi connectivity index (χ1) is 10.5. The molecule has 0 aromatic heterocycles. The van der Waals surface area contributed by atoms with Crippen LogP contribution in [-0.2, 0) is 11.3 Å². The van der Waals surface area contributed by atoms with Crippen molar-refractivity contribution in [1.29, 1.82) is 0 Å². The molecule has 0 atom stereocenters. The molecule has 0 fully saturated rings. The molecule has 7 heteroatoms. The van der Waals surface area contributed by atoms with Crippen molar-refractivity contribution in [3.8, 4) is 5.75 Å². The highest BCUT2D eigenvalue weighted by molar-refractivity contribution is 9.10. The van der Waals surface area contributed by atoms with Gasteiger partial charge in [0.1, 0.15) is 5.75 Å². The lowest BCUT2D eigenvalue weighted by Crippen LogP contribution is -2.28. The summed E-state index contributed by atoms with van der Waals surface area (Å²) in [5.41, 5.74) is 0.880. The van der Waals surface area contributed by atoms with Crippen LogP contribution in [0, 0.1) is 10.1 Å². The van der Waals surface area contributed by atoms with Crippen LogP contribution in [0.5, 0.6) is 5.75 Å². The van der Waals surface area contributed by atoms with Crippen molar-refractivity contribution in [3.05, 3.63) is 68.7 Å². The van der Waals surface area contributed by atoms with Gasteiger partial charge in [-0.05, 0) is 23.8 Å². The minimum atomic E-state index is -0.514. The van der Waals surface area contributed by atoms with E-state index in [4.69, 9.17) is 4.74 Å². The van der Waals surface area contributed by atoms with E-state index in [2.05, 4.69) is 21.2 Å². The van der Waals surface area contributed by atoms with Gasteiger partial charge in [-0.3, -0.25) is 14.9 Å². The number of nitrogens with zero attached hydrogens (tertiary/aromatic N) is 1. The van der Waals surface area contributed by atoms with E-state index in [1.165, 1.54) is 18.2 Å². The minimum Gasteiger partial charge on any atom is -0.484 e. The summed E-state index contributed by atoms with van der Waals surface area (Å²) >= 11 is 3.36. The number of carbonyl (C=O) groups excluding carboxylic acids is 1. The number of ether oxygens (including phenoxy) is 1. The zero-order valence-corrected chi connectivity index (χ0v) is 13.1. The topological polar surface area (TPSA) is 81.5 Å². The minimum absolute atomic E-state index is 0.0768. The van der Waals surface area contributed by atoms with Crippen molar-refractivity contribution in [1.82, 2.24) is 5.32 Å². The number of amides is 1. The molecule has 1 N–H and O–H groups in total. The number of rotatable bonds is 6. The number of nitro benzene ring substituents is 1. The van der Waals surface area contributed by atoms with E-state index in [9.17, 15) is 14.9 Å². The maximum atomic E-state index is 11.7. The molecule has 0 aliphatic rings. The molecular weight excluding hydrogens is 352 g/mol. The van der Waals surface area contributed by atoms with Gasteiger partial charge >= 0.3 is 0 Å². The van der Waals surface area contributed by atoms with E-state index in [1.807, 2.05) is 24.3 Å². The molecule has 0 aliphatic heterocycles. The van der Waals surface area contributed by atoms with E-state index < -0.39 is 4.92 Å². The highest BCUT2D eigenvalue weighted by atomic mass is 79.9. The largest absolute Gasteiger partial charge is 0.484 e. The molecule has 1 amide bonds. The maximum Gasteiger partial charge on any atom is 0.273 e. The molecule has 0 radical (unpaired) electrons. The Morgan fingerprint density at radius 3 is 2.73 bits per heavy atom. The molecule has 0 bridgehead atoms. The Morgan fingerprint density at radius 1 is 1.23 bits per heavy atom. The third-order valence-corrected chi connectivity index (χ3v) is 3.27. The average molecular weight is 365 g/mol. The Kier molecular flexibility index (Phi) is 5.48. The number of hydrogen-bond acceptors (Lipinski definition) is 4. The number of halogens is 1. The SMILES string of the molecule is O=C(COc1cccc([N+](=O)[O-])c1)NCc1cccc(Br)c1. The van der Waals surface area contributed by atoms with E-state index in [0.29, 0.717) is 6.54 Å². The van der Waals surface area contributed by atoms with E-state index >= 15 is 0 Å². The second-order valence-electron chi connectivity index (χ2n) is 4.45. The molecule has 114 valence electrons. The van der Waals surface area contributed by atoms with Gasteiger partial charge in [0, 0.05) is 17.1 Å². The molecule has 6 nitrogen and oxygen atoms in total. The standard InChI is InChI=1S/C15H13BrN2O4/c16-12-4-1-3-11(7-12)9-17-15(19)10-22-14-6-2-5-13(8-14)18(20)21/h1-8H,9-10H2,(H,17,19). The number of benzene rings is 2. The van der Waals surface area contributed by atoms with Crippen LogP contribution in [0.1, 0.15) is 5.56 Å². The van der Waals surface area contributed by atoms with Gasteiger partial charge in [0.15, 0.2) is 6.61 Å². The fourth-order valence-corrected chi connectivity index (χ4v) is 2.18. The van der Waals surface area contributed by atoms with Crippen molar-refractivity contribution >= 4 is 27.5 Å². The summed E-state index contributed by atoms with van der Waals surface area (Å²) in [5, 5.41) is 13.4. The van der Waals surface area contributed by atoms with Gasteiger partial charge in [0.05, 0.1) is 11.0 Å². The van der Waals surface area contributed by atoms with Crippen LogP contribution in [0.25, 0.3) is 0 Å². The van der Waals surface area contributed by atoms with Gasteiger partial charge < -0.3 is 10.1 Å². The van der Waals surface area contributed by atoms with E-state index in [0.717, 1.165) is 10.0 Å². The predicted molar refractivity (Wildman–Crippen MR) is 84.6 cm³/mol. The third kappa shape index (κ3) is 4.85. The van der Waals surface area contributed by atoms with Crippen LogP contribution < -0.4 is 10.1 Å². The predicted octanol–water partition coefficient (Wildman–Crippen LogP) is 3.05. The van der Waals surface area contributed by atoms with E-state index in [-0.39, 0.29) is 24.0 Å². The molecule has 2 aromatic carbocycles. The molecule has 2 aromatic rings. The summed E-state index contributed by atoms with van der Waals surface area (Å²) < 4.78 is 6.18. The summed E-state index contributed by atoms with van der Waals surface area (Å²) in [6.45, 7) is 0.186. The van der Waals surface area contributed by atoms with Crippen LogP contribution in [-0.4, -0.2) is 17.4 Å². The average Bonchev–Trinajstić information content (AvgIpc) is 2.51. The summed E-state index contributed by atoms with van der Waals surface area (Å²) in [5.74, 6) is -0.0155. The molecule has 2 rings (SSSR count). The van der Waals surface area contributed by atoms with Crippen LogP contribution >= 0.6 is 15.9 Å². The molecule has 0 spiro atoms. The Morgan fingerprint density at radius 2 is 2.00 bits per heavy atom. The summed E-state index contributed by atoms with van der Waals surface area (Å²) in [7, 11) is 0. The molecule has 0 aliphatic carbocycles. The zero-order valence-electron chi connectivity index (χ0n) is 11.5. The number of nitrogens with one attached hydrogen (secondary N) is 1. The van der Waals surface area contributed by atoms with Crippen molar-refractivity contribution in [3.63, 3.8) is 0 Å². The Bertz CT molecular complexity index is 691. The number of non-ortho nitro benzene ring substituents is 1. The lowest BCUT2D eigenvalue weighted by atomic mass is 10.2. The lowest BCUT2D eigenvalue weighted by Gasteiger charge is -2.07. The fraction of sp³-hybridized carbons (Fsp3) is 0.133. The highest BCUT2D eigenvalue weighted by Gasteiger charge is 2.08. The van der Waals surface area contributed by atoms with Crippen molar-refractivity contribution < 1.29 is 14.5 Å². The number of nitro groups is 1. The first-order valence-electron chi connectivity index (χ1n) is 6.43. The first-order valence-corrected chi connectivity index (χ1v) is 7.22. The van der Waals surface area contributed by atoms with Gasteiger partial charge in [-0.25, -0.2) is 0 Å². The quantitative estimate of drug-likeness (QED) is 0.630. The van der Waals surface area contributed by atoms with Crippen LogP contribution in [0.15, 0.2) is 53.0 Å². The second kappa shape index (κ2) is 7.56. The van der Waals surface area contributed by atoms with Crippen LogP contribution in [0.2, 0.25) is 0 Å². The highest BCUT2D eigenvalue weighted by Crippen LogP contribution is 2.18. The second-order valence-corrected chi connectivity index (χ2v) is 5.37. The summed E-state index contributed by atoms with van der Waals surface area (Å²) in [6, 6.07) is 13.3. The Labute approximate surface area is 135 Å². The summed E-state index contributed by atoms with van der Waals surface area (Å²) in [4.78, 5) is 21.8. The maximum absolute atomic E-state index is 11.7. The van der Waals surface area contributed by atoms with Gasteiger partial charge in [-0.1, -0.05) is 34.1 Å². The molecule has 0 unspecified atom stereocenters. The van der Waals surface area contributed by atoms with Crippen LogP contribution in [0.4, 0.5) is 5.69 Å². The van der Waals surface area contributed by atoms with Gasteiger partial charge in [0.2, 0.25) is 0 Å². The number of hydrogen-bond donors (Lipinski definition) is 1. The monoisotopic (exact) mass is 364 g/mol. The Balaban J connectivity index is 1.83. The van der Waals surface area contributed by atoms with Crippen molar-refractivity contribution in [2.24, 2.45) is 0 Å². The van der Waals surface area contributed by atoms with Crippen molar-refractivity contribution in [2.45, 2.75) is 6.54 Å².